The van der Waals surface area contributed by atoms with Gasteiger partial charge < -0.3 is 10.2 Å². The van der Waals surface area contributed by atoms with Crippen molar-refractivity contribution >= 4 is 17.8 Å². The summed E-state index contributed by atoms with van der Waals surface area (Å²) < 4.78 is 0. The van der Waals surface area contributed by atoms with Gasteiger partial charge in [0.25, 0.3) is 0 Å². The van der Waals surface area contributed by atoms with E-state index in [0.29, 0.717) is 11.9 Å². The molecule has 1 saturated carbocycles. The van der Waals surface area contributed by atoms with Crippen molar-refractivity contribution in [3.63, 3.8) is 0 Å². The van der Waals surface area contributed by atoms with Gasteiger partial charge in [0.05, 0.1) is 5.69 Å². The fourth-order valence-corrected chi connectivity index (χ4v) is 4.21. The van der Waals surface area contributed by atoms with E-state index >= 15 is 0 Å². The minimum atomic E-state index is 0.257. The second kappa shape index (κ2) is 6.91. The van der Waals surface area contributed by atoms with Crippen LogP contribution in [-0.2, 0) is 11.2 Å². The summed E-state index contributed by atoms with van der Waals surface area (Å²) in [6.45, 7) is 1.90. The Morgan fingerprint density at radius 1 is 1.08 bits per heavy atom. The number of fused-ring (bicyclic) bond motifs is 1. The third-order valence-electron chi connectivity index (χ3n) is 5.66. The molecular formula is C19H26N4O. The van der Waals surface area contributed by atoms with Crippen molar-refractivity contribution in [1.29, 1.82) is 0 Å². The number of piperidine rings is 1. The number of aromatic nitrogens is 2. The van der Waals surface area contributed by atoms with Crippen LogP contribution in [0.5, 0.6) is 0 Å². The lowest BCUT2D eigenvalue weighted by molar-refractivity contribution is -0.126. The van der Waals surface area contributed by atoms with Gasteiger partial charge in [0.15, 0.2) is 0 Å². The molecule has 1 saturated heterocycles. The first kappa shape index (κ1) is 15.6. The number of carbonyl (C=O) groups excluding carboxylic acids is 1. The van der Waals surface area contributed by atoms with E-state index < -0.39 is 0 Å². The summed E-state index contributed by atoms with van der Waals surface area (Å²) in [4.78, 5) is 23.6. The van der Waals surface area contributed by atoms with Gasteiger partial charge in [-0.2, -0.15) is 0 Å². The van der Waals surface area contributed by atoms with E-state index in [0.717, 1.165) is 56.7 Å². The number of rotatable bonds is 3. The molecule has 5 nitrogen and oxygen atoms in total. The highest BCUT2D eigenvalue weighted by molar-refractivity contribution is 5.79. The molecule has 0 radical (unpaired) electrons. The van der Waals surface area contributed by atoms with Crippen molar-refractivity contribution in [1.82, 2.24) is 15.3 Å². The SMILES string of the molecule is O=C(NC1CCN(c2ncnc3c2C=CC3)CC1)C1CCCCC1. The Kier molecular flexibility index (Phi) is 4.50. The van der Waals surface area contributed by atoms with E-state index in [1.54, 1.807) is 6.33 Å². The molecule has 1 N–H and O–H groups in total. The number of hydrogen-bond donors (Lipinski definition) is 1. The van der Waals surface area contributed by atoms with Crippen LogP contribution < -0.4 is 10.2 Å². The smallest absolute Gasteiger partial charge is 0.223 e. The number of carbonyl (C=O) groups is 1. The Labute approximate surface area is 143 Å². The number of hydrogen-bond acceptors (Lipinski definition) is 4. The van der Waals surface area contributed by atoms with Crippen LogP contribution in [0.4, 0.5) is 5.82 Å². The van der Waals surface area contributed by atoms with Gasteiger partial charge in [-0.25, -0.2) is 9.97 Å². The zero-order chi connectivity index (χ0) is 16.4. The van der Waals surface area contributed by atoms with Crippen LogP contribution in [0.15, 0.2) is 12.4 Å². The number of nitrogens with one attached hydrogen (secondary N) is 1. The highest BCUT2D eigenvalue weighted by atomic mass is 16.1. The van der Waals surface area contributed by atoms with Gasteiger partial charge in [0, 0.05) is 37.0 Å². The lowest BCUT2D eigenvalue weighted by atomic mass is 9.88. The predicted octanol–water partition coefficient (Wildman–Crippen LogP) is 2.71. The fourth-order valence-electron chi connectivity index (χ4n) is 4.21. The van der Waals surface area contributed by atoms with Crippen LogP contribution in [0.3, 0.4) is 0 Å². The molecule has 2 aliphatic carbocycles. The third kappa shape index (κ3) is 3.17. The minimum absolute atomic E-state index is 0.257. The molecule has 1 amide bonds. The predicted molar refractivity (Wildman–Crippen MR) is 94.7 cm³/mol. The van der Waals surface area contributed by atoms with E-state index in [2.05, 4.69) is 32.3 Å². The molecule has 0 spiro atoms. The molecule has 0 bridgehead atoms. The van der Waals surface area contributed by atoms with Gasteiger partial charge in [-0.1, -0.05) is 31.4 Å². The second-order valence-electron chi connectivity index (χ2n) is 7.27. The molecule has 5 heteroatoms. The van der Waals surface area contributed by atoms with E-state index in [1.807, 2.05) is 0 Å². The average molecular weight is 326 g/mol. The molecule has 3 aliphatic rings. The van der Waals surface area contributed by atoms with Crippen LogP contribution in [0.2, 0.25) is 0 Å². The Morgan fingerprint density at radius 2 is 1.88 bits per heavy atom. The molecule has 1 aromatic rings. The molecule has 0 unspecified atom stereocenters. The molecule has 2 heterocycles. The van der Waals surface area contributed by atoms with Gasteiger partial charge >= 0.3 is 0 Å². The van der Waals surface area contributed by atoms with Crippen molar-refractivity contribution < 1.29 is 4.79 Å². The van der Waals surface area contributed by atoms with Gasteiger partial charge in [-0.05, 0) is 25.7 Å². The maximum absolute atomic E-state index is 12.4. The number of allylic oxidation sites excluding steroid dienone is 1. The average Bonchev–Trinajstić information content (AvgIpc) is 3.12. The molecule has 2 fully saturated rings. The van der Waals surface area contributed by atoms with Crippen LogP contribution in [0.25, 0.3) is 6.08 Å². The van der Waals surface area contributed by atoms with Crippen LogP contribution in [0.1, 0.15) is 56.2 Å². The number of nitrogens with zero attached hydrogens (tertiary/aromatic N) is 3. The first-order chi connectivity index (χ1) is 11.8. The van der Waals surface area contributed by atoms with Crippen molar-refractivity contribution in [2.24, 2.45) is 5.92 Å². The number of amides is 1. The Hall–Kier alpha value is -1.91. The molecule has 1 aromatic heterocycles. The normalized spacial score (nSPS) is 21.8. The molecule has 0 atom stereocenters. The van der Waals surface area contributed by atoms with E-state index in [1.165, 1.54) is 24.8 Å². The van der Waals surface area contributed by atoms with Gasteiger partial charge in [0.1, 0.15) is 12.1 Å². The first-order valence-electron chi connectivity index (χ1n) is 9.37. The minimum Gasteiger partial charge on any atom is -0.356 e. The summed E-state index contributed by atoms with van der Waals surface area (Å²) in [5.41, 5.74) is 2.31. The maximum Gasteiger partial charge on any atom is 0.223 e. The van der Waals surface area contributed by atoms with Gasteiger partial charge in [-0.3, -0.25) is 4.79 Å². The van der Waals surface area contributed by atoms with Crippen LogP contribution in [-0.4, -0.2) is 35.0 Å². The quantitative estimate of drug-likeness (QED) is 0.928. The lowest BCUT2D eigenvalue weighted by Crippen LogP contribution is -2.47. The van der Waals surface area contributed by atoms with Crippen molar-refractivity contribution in [2.75, 3.05) is 18.0 Å². The van der Waals surface area contributed by atoms with Gasteiger partial charge in [-0.15, -0.1) is 0 Å². The van der Waals surface area contributed by atoms with Crippen LogP contribution >= 0.6 is 0 Å². The summed E-state index contributed by atoms with van der Waals surface area (Å²) in [7, 11) is 0. The highest BCUT2D eigenvalue weighted by Crippen LogP contribution is 2.29. The number of anilines is 1. The summed E-state index contributed by atoms with van der Waals surface area (Å²) >= 11 is 0. The first-order valence-corrected chi connectivity index (χ1v) is 9.37. The summed E-state index contributed by atoms with van der Waals surface area (Å²) in [5.74, 6) is 1.61. The molecule has 4 rings (SSSR count). The molecule has 128 valence electrons. The monoisotopic (exact) mass is 326 g/mol. The third-order valence-corrected chi connectivity index (χ3v) is 5.66. The molecule has 0 aromatic carbocycles. The topological polar surface area (TPSA) is 58.1 Å². The Bertz CT molecular complexity index is 628. The van der Waals surface area contributed by atoms with Crippen molar-refractivity contribution in [3.8, 4) is 0 Å². The van der Waals surface area contributed by atoms with E-state index in [-0.39, 0.29) is 5.92 Å². The standard InChI is InChI=1S/C19H26N4O/c24-19(14-5-2-1-3-6-14)22-15-9-11-23(12-10-15)18-16-7-4-8-17(16)20-13-21-18/h4,7,13-15H,1-3,5-6,8-12H2,(H,22,24). The second-order valence-corrected chi connectivity index (χ2v) is 7.27. The highest BCUT2D eigenvalue weighted by Gasteiger charge is 2.27. The van der Waals surface area contributed by atoms with Crippen molar-refractivity contribution in [2.45, 2.75) is 57.4 Å². The lowest BCUT2D eigenvalue weighted by Gasteiger charge is -2.34. The summed E-state index contributed by atoms with van der Waals surface area (Å²) in [5, 5.41) is 3.30. The fraction of sp³-hybridized carbons (Fsp3) is 0.632. The molecule has 1 aliphatic heterocycles. The Morgan fingerprint density at radius 3 is 2.67 bits per heavy atom. The van der Waals surface area contributed by atoms with Gasteiger partial charge in [0.2, 0.25) is 5.91 Å². The Balaban J connectivity index is 1.33. The zero-order valence-electron chi connectivity index (χ0n) is 14.2. The van der Waals surface area contributed by atoms with E-state index in [4.69, 9.17) is 0 Å². The molecule has 24 heavy (non-hydrogen) atoms. The molecular weight excluding hydrogens is 300 g/mol. The van der Waals surface area contributed by atoms with Crippen LogP contribution in [0, 0.1) is 5.92 Å². The van der Waals surface area contributed by atoms with Crippen molar-refractivity contribution in [3.05, 3.63) is 23.7 Å². The van der Waals surface area contributed by atoms with E-state index in [9.17, 15) is 4.79 Å². The largest absolute Gasteiger partial charge is 0.356 e. The summed E-state index contributed by atoms with van der Waals surface area (Å²) in [6.07, 6.45) is 14.8. The summed E-state index contributed by atoms with van der Waals surface area (Å²) in [6, 6.07) is 0.320. The maximum atomic E-state index is 12.4. The zero-order valence-corrected chi connectivity index (χ0v) is 14.2.